The van der Waals surface area contributed by atoms with Crippen LogP contribution < -0.4 is 0 Å². The Morgan fingerprint density at radius 3 is 1.57 bits per heavy atom. The lowest BCUT2D eigenvalue weighted by Crippen LogP contribution is -2.34. The van der Waals surface area contributed by atoms with Gasteiger partial charge in [-0.2, -0.15) is 0 Å². The van der Waals surface area contributed by atoms with E-state index in [-0.39, 0.29) is 6.61 Å². The number of amidine groups is 1. The van der Waals surface area contributed by atoms with Gasteiger partial charge in [0.25, 0.3) is 0 Å². The van der Waals surface area contributed by atoms with Crippen molar-refractivity contribution in [3.63, 3.8) is 0 Å². The minimum atomic E-state index is -0.648. The van der Waals surface area contributed by atoms with Crippen LogP contribution in [0.25, 0.3) is 0 Å². The number of hydrogen-bond acceptors (Lipinski definition) is 4. The molecule has 0 spiro atoms. The molecule has 1 unspecified atom stereocenters. The molecule has 5 heteroatoms. The monoisotopic (exact) mass is 662 g/mol. The van der Waals surface area contributed by atoms with Crippen molar-refractivity contribution in [1.29, 1.82) is 0 Å². The second kappa shape index (κ2) is 34.7. The summed E-state index contributed by atoms with van der Waals surface area (Å²) in [4.78, 5) is 2.43. The molecule has 5 nitrogen and oxygen atoms in total. The first-order valence-corrected chi connectivity index (χ1v) is 20.8. The number of unbranched alkanes of at least 4 members (excludes halogenated alkanes) is 22. The fourth-order valence-corrected chi connectivity index (χ4v) is 6.74. The lowest BCUT2D eigenvalue weighted by atomic mass is 10.1. The van der Waals surface area contributed by atoms with Crippen molar-refractivity contribution in [1.82, 2.24) is 4.90 Å². The summed E-state index contributed by atoms with van der Waals surface area (Å²) in [7, 11) is 0. The van der Waals surface area contributed by atoms with Crippen LogP contribution in [-0.2, 0) is 4.74 Å². The summed E-state index contributed by atoms with van der Waals surface area (Å²) >= 11 is 0. The molecule has 0 fully saturated rings. The maximum absolute atomic E-state index is 10.4. The fourth-order valence-electron chi connectivity index (χ4n) is 6.74. The van der Waals surface area contributed by atoms with E-state index < -0.39 is 6.29 Å². The van der Waals surface area contributed by atoms with Gasteiger partial charge in [0.1, 0.15) is 26.2 Å². The number of rotatable bonds is 36. The molecule has 1 heterocycles. The van der Waals surface area contributed by atoms with E-state index in [0.29, 0.717) is 6.61 Å². The summed E-state index contributed by atoms with van der Waals surface area (Å²) in [5.74, 6) is 1.37. The Labute approximate surface area is 293 Å². The van der Waals surface area contributed by atoms with E-state index in [0.717, 1.165) is 45.4 Å². The van der Waals surface area contributed by atoms with E-state index in [1.54, 1.807) is 0 Å². The van der Waals surface area contributed by atoms with E-state index in [4.69, 9.17) is 4.74 Å². The highest BCUT2D eigenvalue weighted by atomic mass is 16.6. The second-order valence-electron chi connectivity index (χ2n) is 14.1. The van der Waals surface area contributed by atoms with Gasteiger partial charge < -0.3 is 14.9 Å². The highest BCUT2D eigenvalue weighted by Gasteiger charge is 2.29. The van der Waals surface area contributed by atoms with Gasteiger partial charge in [0.05, 0.1) is 13.2 Å². The predicted octanol–water partition coefficient (Wildman–Crippen LogP) is 11.1. The van der Waals surface area contributed by atoms with Gasteiger partial charge in [-0.1, -0.05) is 141 Å². The number of aliphatic hydroxyl groups is 2. The summed E-state index contributed by atoms with van der Waals surface area (Å²) in [6.07, 6.45) is 44.7. The molecule has 2 N–H and O–H groups in total. The third-order valence-electron chi connectivity index (χ3n) is 9.79. The molecule has 0 aromatic heterocycles. The SMILES string of the molecule is CCCCCCCCC=CCCCCCCCC1=[N+](CCO)CCN1CCOC(O)CCCCCCCC=CCCCCCCCC. The average molecular weight is 662 g/mol. The van der Waals surface area contributed by atoms with Gasteiger partial charge in [-0.3, -0.25) is 9.48 Å². The molecule has 276 valence electrons. The van der Waals surface area contributed by atoms with Gasteiger partial charge in [-0.05, 0) is 70.6 Å². The Kier molecular flexibility index (Phi) is 32.4. The van der Waals surface area contributed by atoms with E-state index in [1.165, 1.54) is 166 Å². The zero-order chi connectivity index (χ0) is 33.9. The Hall–Kier alpha value is -1.17. The smallest absolute Gasteiger partial charge is 0.247 e. The quantitative estimate of drug-likeness (QED) is 0.0304. The highest BCUT2D eigenvalue weighted by Crippen LogP contribution is 2.15. The van der Waals surface area contributed by atoms with Crippen molar-refractivity contribution in [3.05, 3.63) is 24.3 Å². The average Bonchev–Trinajstić information content (AvgIpc) is 3.45. The number of aliphatic hydroxyl groups excluding tert-OH is 2. The van der Waals surface area contributed by atoms with Crippen molar-refractivity contribution in [2.24, 2.45) is 0 Å². The zero-order valence-electron chi connectivity index (χ0n) is 31.6. The summed E-state index contributed by atoms with van der Waals surface area (Å²) in [5.41, 5.74) is 0. The van der Waals surface area contributed by atoms with Gasteiger partial charge in [0, 0.05) is 6.42 Å². The maximum Gasteiger partial charge on any atom is 0.247 e. The number of ether oxygens (including phenoxy) is 1. The molecule has 0 saturated heterocycles. The van der Waals surface area contributed by atoms with Gasteiger partial charge >= 0.3 is 0 Å². The van der Waals surface area contributed by atoms with E-state index in [9.17, 15) is 10.2 Å². The van der Waals surface area contributed by atoms with Crippen LogP contribution in [0.15, 0.2) is 24.3 Å². The molecule has 0 amide bonds. The predicted molar refractivity (Wildman–Crippen MR) is 205 cm³/mol. The molecule has 1 atom stereocenters. The maximum atomic E-state index is 10.4. The minimum absolute atomic E-state index is 0.203. The van der Waals surface area contributed by atoms with Gasteiger partial charge in [0.2, 0.25) is 5.84 Å². The van der Waals surface area contributed by atoms with E-state index in [2.05, 4.69) is 47.6 Å². The third-order valence-corrected chi connectivity index (χ3v) is 9.79. The molecule has 0 aromatic rings. The molecule has 0 aromatic carbocycles. The van der Waals surface area contributed by atoms with Crippen LogP contribution >= 0.6 is 0 Å². The largest absolute Gasteiger partial charge is 0.392 e. The minimum Gasteiger partial charge on any atom is -0.392 e. The van der Waals surface area contributed by atoms with Crippen LogP contribution in [-0.4, -0.2) is 71.2 Å². The van der Waals surface area contributed by atoms with Crippen LogP contribution in [0.4, 0.5) is 0 Å². The Bertz CT molecular complexity index is 750. The molecule has 0 bridgehead atoms. The Morgan fingerprint density at radius 2 is 1.09 bits per heavy atom. The van der Waals surface area contributed by atoms with Crippen LogP contribution in [0, 0.1) is 0 Å². The fraction of sp³-hybridized carbons (Fsp3) is 0.881. The number of nitrogens with zero attached hydrogens (tertiary/aromatic N) is 2. The lowest BCUT2D eigenvalue weighted by molar-refractivity contribution is -0.521. The molecule has 0 aliphatic carbocycles. The Morgan fingerprint density at radius 1 is 0.638 bits per heavy atom. The number of β-amino-alcohol motifs (C(OH)–C–C–N with tert-alkyl or cyclic N) is 1. The summed E-state index contributed by atoms with van der Waals surface area (Å²) in [6, 6.07) is 0. The van der Waals surface area contributed by atoms with Gasteiger partial charge in [-0.15, -0.1) is 0 Å². The van der Waals surface area contributed by atoms with E-state index in [1.807, 2.05) is 0 Å². The molecule has 47 heavy (non-hydrogen) atoms. The van der Waals surface area contributed by atoms with Crippen molar-refractivity contribution in [3.8, 4) is 0 Å². The van der Waals surface area contributed by atoms with Crippen molar-refractivity contribution < 1.29 is 19.5 Å². The normalized spacial score (nSPS) is 14.5. The molecular formula is C42H81N2O3+. The first-order chi connectivity index (χ1) is 23.2. The van der Waals surface area contributed by atoms with Crippen LogP contribution in [0.3, 0.4) is 0 Å². The Balaban J connectivity index is 2.05. The molecular weight excluding hydrogens is 580 g/mol. The molecule has 1 aliphatic heterocycles. The molecule has 0 radical (unpaired) electrons. The van der Waals surface area contributed by atoms with Gasteiger partial charge in [-0.25, -0.2) is 0 Å². The van der Waals surface area contributed by atoms with E-state index >= 15 is 0 Å². The molecule has 1 rings (SSSR count). The van der Waals surface area contributed by atoms with Crippen molar-refractivity contribution in [2.75, 3.05) is 39.4 Å². The summed E-state index contributed by atoms with van der Waals surface area (Å²) in [6.45, 7) is 8.85. The first-order valence-electron chi connectivity index (χ1n) is 20.8. The zero-order valence-corrected chi connectivity index (χ0v) is 31.6. The van der Waals surface area contributed by atoms with Crippen molar-refractivity contribution in [2.45, 2.75) is 200 Å². The molecule has 0 saturated carbocycles. The summed E-state index contributed by atoms with van der Waals surface area (Å²) < 4.78 is 8.17. The first kappa shape index (κ1) is 43.9. The van der Waals surface area contributed by atoms with Gasteiger partial charge in [0.15, 0.2) is 6.29 Å². The van der Waals surface area contributed by atoms with Crippen LogP contribution in [0.2, 0.25) is 0 Å². The van der Waals surface area contributed by atoms with Crippen LogP contribution in [0.5, 0.6) is 0 Å². The topological polar surface area (TPSA) is 55.9 Å². The lowest BCUT2D eigenvalue weighted by Gasteiger charge is -2.16. The highest BCUT2D eigenvalue weighted by molar-refractivity contribution is 5.78. The second-order valence-corrected chi connectivity index (χ2v) is 14.1. The number of hydrogen-bond donors (Lipinski definition) is 2. The van der Waals surface area contributed by atoms with Crippen LogP contribution in [0.1, 0.15) is 194 Å². The number of allylic oxidation sites excluding steroid dienone is 4. The van der Waals surface area contributed by atoms with Crippen molar-refractivity contribution >= 4 is 5.84 Å². The molecule has 1 aliphatic rings. The standard InChI is InChI=1S/C42H81N2O3/c1-3-5-7-9-11-13-15-17-19-21-23-25-27-29-31-33-41-43(37-39-45)35-36-44(41)38-40-47-42(46)34-32-30-28-26-24-22-20-18-16-14-12-10-8-6-4-2/h17-20,42,45-46H,3-16,21-40H2,1-2H3/q+1. The summed E-state index contributed by atoms with van der Waals surface area (Å²) in [5, 5.41) is 20.0. The third kappa shape index (κ3) is 27.4.